The molecule has 2 aromatic heterocycles. The van der Waals surface area contributed by atoms with Crippen LogP contribution in [0.15, 0.2) is 41.8 Å². The number of nitrogens with zero attached hydrogens (tertiary/aromatic N) is 2. The third kappa shape index (κ3) is 2.25. The van der Waals surface area contributed by atoms with Crippen molar-refractivity contribution in [3.8, 4) is 16.3 Å². The molecule has 21 heavy (non-hydrogen) atoms. The Morgan fingerprint density at radius 3 is 2.57 bits per heavy atom. The first-order chi connectivity index (χ1) is 10.1. The fraction of sp³-hybridized carbons (Fsp3) is 0.125. The summed E-state index contributed by atoms with van der Waals surface area (Å²) in [4.78, 5) is 12.5. The summed E-state index contributed by atoms with van der Waals surface area (Å²) in [5.41, 5.74) is 3.38. The van der Waals surface area contributed by atoms with Crippen molar-refractivity contribution in [2.75, 3.05) is 0 Å². The molecule has 0 unspecified atom stereocenters. The van der Waals surface area contributed by atoms with Crippen molar-refractivity contribution < 1.29 is 9.90 Å². The summed E-state index contributed by atoms with van der Waals surface area (Å²) in [6, 6.07) is 11.7. The van der Waals surface area contributed by atoms with Gasteiger partial charge in [-0.3, -0.25) is 0 Å². The quantitative estimate of drug-likeness (QED) is 0.797. The molecule has 1 aromatic carbocycles. The minimum Gasteiger partial charge on any atom is -0.478 e. The number of para-hydroxylation sites is 1. The molecular weight excluding hydrogens is 284 g/mol. The van der Waals surface area contributed by atoms with Gasteiger partial charge in [-0.25, -0.2) is 9.48 Å². The molecule has 0 aliphatic rings. The summed E-state index contributed by atoms with van der Waals surface area (Å²) in [5.74, 6) is -0.948. The van der Waals surface area contributed by atoms with Crippen LogP contribution < -0.4 is 0 Å². The normalized spacial score (nSPS) is 10.8. The van der Waals surface area contributed by atoms with E-state index in [1.165, 1.54) is 11.3 Å². The molecule has 0 atom stereocenters. The number of carboxylic acid groups (broad SMARTS) is 1. The first kappa shape index (κ1) is 13.6. The number of hydrogen-bond donors (Lipinski definition) is 1. The lowest BCUT2D eigenvalue weighted by Gasteiger charge is -2.09. The van der Waals surface area contributed by atoms with E-state index in [2.05, 4.69) is 5.10 Å². The van der Waals surface area contributed by atoms with E-state index in [4.69, 9.17) is 0 Å². The number of benzene rings is 1. The van der Waals surface area contributed by atoms with Crippen LogP contribution in [0, 0.1) is 13.8 Å². The van der Waals surface area contributed by atoms with E-state index in [9.17, 15) is 9.90 Å². The van der Waals surface area contributed by atoms with Crippen LogP contribution in [-0.2, 0) is 0 Å². The molecule has 2 heterocycles. The summed E-state index contributed by atoms with van der Waals surface area (Å²) in [5, 5.41) is 15.9. The molecular formula is C16H14N2O2S. The van der Waals surface area contributed by atoms with Crippen molar-refractivity contribution in [1.29, 1.82) is 0 Å². The van der Waals surface area contributed by atoms with E-state index in [0.717, 1.165) is 16.1 Å². The van der Waals surface area contributed by atoms with Crippen LogP contribution in [0.2, 0.25) is 0 Å². The highest BCUT2D eigenvalue weighted by molar-refractivity contribution is 7.13. The van der Waals surface area contributed by atoms with Gasteiger partial charge in [-0.05, 0) is 36.9 Å². The largest absolute Gasteiger partial charge is 0.478 e. The Hall–Kier alpha value is -2.40. The molecule has 0 saturated carbocycles. The van der Waals surface area contributed by atoms with Crippen molar-refractivity contribution >= 4 is 17.3 Å². The van der Waals surface area contributed by atoms with Gasteiger partial charge in [-0.2, -0.15) is 5.10 Å². The minimum absolute atomic E-state index is 0.265. The topological polar surface area (TPSA) is 55.1 Å². The van der Waals surface area contributed by atoms with Gasteiger partial charge in [0.2, 0.25) is 0 Å². The van der Waals surface area contributed by atoms with Gasteiger partial charge in [0.1, 0.15) is 5.56 Å². The predicted molar refractivity (Wildman–Crippen MR) is 83.3 cm³/mol. The monoisotopic (exact) mass is 298 g/mol. The molecule has 4 nitrogen and oxygen atoms in total. The highest BCUT2D eigenvalue weighted by atomic mass is 32.1. The second-order valence-electron chi connectivity index (χ2n) is 4.79. The molecule has 1 N–H and O–H groups in total. The molecule has 0 radical (unpaired) electrons. The molecule has 0 bridgehead atoms. The van der Waals surface area contributed by atoms with Crippen molar-refractivity contribution in [3.63, 3.8) is 0 Å². The number of carbonyl (C=O) groups is 1. The van der Waals surface area contributed by atoms with E-state index >= 15 is 0 Å². The molecule has 3 aromatic rings. The fourth-order valence-electron chi connectivity index (χ4n) is 2.40. The van der Waals surface area contributed by atoms with Gasteiger partial charge in [-0.1, -0.05) is 24.3 Å². The number of aryl methyl sites for hydroxylation is 2. The molecule has 0 aliphatic carbocycles. The van der Waals surface area contributed by atoms with Gasteiger partial charge in [-0.15, -0.1) is 11.3 Å². The van der Waals surface area contributed by atoms with E-state index < -0.39 is 5.97 Å². The van der Waals surface area contributed by atoms with Crippen LogP contribution in [-0.4, -0.2) is 20.9 Å². The summed E-state index contributed by atoms with van der Waals surface area (Å²) < 4.78 is 1.74. The van der Waals surface area contributed by atoms with E-state index in [1.807, 2.05) is 48.7 Å². The van der Waals surface area contributed by atoms with E-state index in [0.29, 0.717) is 11.4 Å². The smallest absolute Gasteiger partial charge is 0.339 e. The molecule has 0 saturated heterocycles. The number of aromatic nitrogens is 2. The maximum absolute atomic E-state index is 11.6. The molecule has 0 fully saturated rings. The van der Waals surface area contributed by atoms with E-state index in [1.54, 1.807) is 11.6 Å². The lowest BCUT2D eigenvalue weighted by Crippen LogP contribution is -2.03. The molecule has 5 heteroatoms. The Bertz CT molecular complexity index is 804. The molecule has 0 amide bonds. The van der Waals surface area contributed by atoms with Gasteiger partial charge < -0.3 is 5.11 Å². The van der Waals surface area contributed by atoms with Gasteiger partial charge >= 0.3 is 5.97 Å². The average Bonchev–Trinajstić information content (AvgIpc) is 3.06. The third-order valence-electron chi connectivity index (χ3n) is 3.37. The first-order valence-electron chi connectivity index (χ1n) is 6.52. The maximum atomic E-state index is 11.6. The number of hydrogen-bond acceptors (Lipinski definition) is 3. The van der Waals surface area contributed by atoms with Gasteiger partial charge in [0, 0.05) is 0 Å². The second kappa shape index (κ2) is 5.18. The Labute approximate surface area is 126 Å². The van der Waals surface area contributed by atoms with Crippen LogP contribution in [0.4, 0.5) is 0 Å². The van der Waals surface area contributed by atoms with Crippen molar-refractivity contribution in [2.45, 2.75) is 13.8 Å². The first-order valence-corrected chi connectivity index (χ1v) is 7.40. The summed E-state index contributed by atoms with van der Waals surface area (Å²) in [6.07, 6.45) is 0. The SMILES string of the molecule is Cc1ccccc1-n1nc(C)c(C(=O)O)c1-c1cccs1. The Morgan fingerprint density at radius 2 is 1.95 bits per heavy atom. The maximum Gasteiger partial charge on any atom is 0.339 e. The van der Waals surface area contributed by atoms with E-state index in [-0.39, 0.29) is 5.56 Å². The van der Waals surface area contributed by atoms with Crippen LogP contribution in [0.3, 0.4) is 0 Å². The molecule has 3 rings (SSSR count). The van der Waals surface area contributed by atoms with Crippen molar-refractivity contribution in [3.05, 3.63) is 58.6 Å². The fourth-order valence-corrected chi connectivity index (χ4v) is 3.16. The van der Waals surface area contributed by atoms with Gasteiger partial charge in [0.15, 0.2) is 0 Å². The predicted octanol–water partition coefficient (Wildman–Crippen LogP) is 3.92. The van der Waals surface area contributed by atoms with Crippen LogP contribution in [0.25, 0.3) is 16.3 Å². The van der Waals surface area contributed by atoms with Crippen molar-refractivity contribution in [1.82, 2.24) is 9.78 Å². The zero-order chi connectivity index (χ0) is 15.0. The standard InChI is InChI=1S/C16H14N2O2S/c1-10-6-3-4-7-12(10)18-15(13-8-5-9-21-13)14(16(19)20)11(2)17-18/h3-9H,1-2H3,(H,19,20). The molecule has 0 spiro atoms. The van der Waals surface area contributed by atoms with Gasteiger partial charge in [0.05, 0.1) is 22.0 Å². The summed E-state index contributed by atoms with van der Waals surface area (Å²) in [6.45, 7) is 3.72. The lowest BCUT2D eigenvalue weighted by molar-refractivity contribution is 0.0697. The number of carboxylic acids is 1. The van der Waals surface area contributed by atoms with Crippen LogP contribution in [0.5, 0.6) is 0 Å². The van der Waals surface area contributed by atoms with Gasteiger partial charge in [0.25, 0.3) is 0 Å². The Balaban J connectivity index is 2.34. The average molecular weight is 298 g/mol. The molecule has 0 aliphatic heterocycles. The number of rotatable bonds is 3. The van der Waals surface area contributed by atoms with Crippen LogP contribution >= 0.6 is 11.3 Å². The van der Waals surface area contributed by atoms with Crippen molar-refractivity contribution in [2.24, 2.45) is 0 Å². The summed E-state index contributed by atoms with van der Waals surface area (Å²) >= 11 is 1.51. The number of thiophene rings is 1. The highest BCUT2D eigenvalue weighted by Crippen LogP contribution is 2.32. The lowest BCUT2D eigenvalue weighted by atomic mass is 10.1. The third-order valence-corrected chi connectivity index (χ3v) is 4.25. The van der Waals surface area contributed by atoms with Crippen LogP contribution in [0.1, 0.15) is 21.6 Å². The zero-order valence-corrected chi connectivity index (χ0v) is 12.5. The minimum atomic E-state index is -0.948. The highest BCUT2D eigenvalue weighted by Gasteiger charge is 2.24. The Kier molecular flexibility index (Phi) is 3.35. The zero-order valence-electron chi connectivity index (χ0n) is 11.7. The summed E-state index contributed by atoms with van der Waals surface area (Å²) in [7, 11) is 0. The Morgan fingerprint density at radius 1 is 1.19 bits per heavy atom. The number of aromatic carboxylic acids is 1. The molecule has 106 valence electrons. The second-order valence-corrected chi connectivity index (χ2v) is 5.74.